The average Bonchev–Trinajstić information content (AvgIpc) is 1.71. The van der Waals surface area contributed by atoms with Gasteiger partial charge in [0.25, 0.3) is 17.7 Å². The highest BCUT2D eigenvalue weighted by Crippen LogP contribution is 2.16. The molecule has 12 amide bonds. The molecule has 0 saturated carbocycles. The number of nitrogens with zero attached hydrogens (tertiary/aromatic N) is 2. The summed E-state index contributed by atoms with van der Waals surface area (Å²) in [5.74, 6) is -7.33. The lowest BCUT2D eigenvalue weighted by Gasteiger charge is -2.21. The Morgan fingerprint density at radius 3 is 1.23 bits per heavy atom. The molecule has 5 aromatic rings. The highest BCUT2D eigenvalue weighted by molar-refractivity contribution is 7.49. The summed E-state index contributed by atoms with van der Waals surface area (Å²) in [7, 11) is 5.05. The second-order valence-corrected chi connectivity index (χ2v) is 30.8. The van der Waals surface area contributed by atoms with Gasteiger partial charge in [-0.1, -0.05) is 161 Å². The average molecular weight is 1860 g/mol. The van der Waals surface area contributed by atoms with E-state index in [9.17, 15) is 76.5 Å². The molecule has 3 saturated heterocycles. The number of likely N-dealkylation sites (N-methyl/N-ethyl adjacent to an activating group) is 2. The van der Waals surface area contributed by atoms with Crippen LogP contribution in [0, 0.1) is 45.7 Å². The van der Waals surface area contributed by atoms with E-state index in [-0.39, 0.29) is 92.7 Å². The van der Waals surface area contributed by atoms with Gasteiger partial charge in [0.1, 0.15) is 25.2 Å². The predicted molar refractivity (Wildman–Crippen MR) is 495 cm³/mol. The van der Waals surface area contributed by atoms with Crippen LogP contribution in [0.1, 0.15) is 75.9 Å². The first kappa shape index (κ1) is 120. The summed E-state index contributed by atoms with van der Waals surface area (Å²) >= 11 is 0. The van der Waals surface area contributed by atoms with Gasteiger partial charge in [-0.05, 0) is 95.8 Å². The molecule has 0 spiro atoms. The number of carboxylic acid groups (broad SMARTS) is 2. The maximum atomic E-state index is 12.3. The summed E-state index contributed by atoms with van der Waals surface area (Å²) in [4.78, 5) is 177. The summed E-state index contributed by atoms with van der Waals surface area (Å²) in [5.41, 5.74) is 14.8. The number of rotatable bonds is 34. The van der Waals surface area contributed by atoms with Gasteiger partial charge in [0, 0.05) is 100 Å². The number of aryl methyl sites for hydroxylation is 5. The first-order valence-electron chi connectivity index (χ1n) is 42.0. The van der Waals surface area contributed by atoms with Gasteiger partial charge in [-0.25, -0.2) is 4.79 Å². The second-order valence-electron chi connectivity index (χ2n) is 29.6. The third-order valence-corrected chi connectivity index (χ3v) is 18.7. The summed E-state index contributed by atoms with van der Waals surface area (Å²) in [5, 5.41) is 68.4. The zero-order chi connectivity index (χ0) is 96.6. The zero-order valence-electron chi connectivity index (χ0n) is 76.2. The third kappa shape index (κ3) is 58.3. The number of hydroxylamine groups is 2. The van der Waals surface area contributed by atoms with Crippen LogP contribution in [-0.4, -0.2) is 309 Å². The smallest absolute Gasteiger partial charge is 0.452 e. The van der Waals surface area contributed by atoms with E-state index in [0.717, 1.165) is 96.7 Å². The second kappa shape index (κ2) is 71.4. The van der Waals surface area contributed by atoms with Crippen LogP contribution in [0.2, 0.25) is 0 Å². The lowest BCUT2D eigenvalue weighted by atomic mass is 10.0. The van der Waals surface area contributed by atoms with Crippen molar-refractivity contribution in [3.8, 4) is 5.81 Å². The third-order valence-electron chi connectivity index (χ3n) is 18.4. The number of carbonyl (C=O) groups is 15. The minimum atomic E-state index is -1.54. The highest BCUT2D eigenvalue weighted by atomic mass is 31.1. The van der Waals surface area contributed by atoms with Crippen molar-refractivity contribution in [3.63, 3.8) is 0 Å². The number of ether oxygens (including phenoxy) is 3. The van der Waals surface area contributed by atoms with E-state index in [2.05, 4.69) is 122 Å². The fraction of sp³-hybridized carbons (Fsp3) is 0.483. The number of hydrogen-bond acceptors (Lipinski definition) is 27. The minimum Gasteiger partial charge on any atom is -0.480 e. The van der Waals surface area contributed by atoms with E-state index in [0.29, 0.717) is 56.8 Å². The normalized spacial score (nSPS) is 15.0. The largest absolute Gasteiger partial charge is 0.480 e. The molecule has 21 N–H and O–H groups in total. The molecule has 723 valence electrons. The van der Waals surface area contributed by atoms with Crippen molar-refractivity contribution < 1.29 is 111 Å². The molecular formula is C89H134BN19O22P+2. The van der Waals surface area contributed by atoms with Gasteiger partial charge in [0.2, 0.25) is 53.2 Å². The summed E-state index contributed by atoms with van der Waals surface area (Å²) < 4.78 is 24.2. The van der Waals surface area contributed by atoms with Crippen molar-refractivity contribution in [2.24, 2.45) is 0 Å². The zero-order valence-corrected chi connectivity index (χ0v) is 77.1. The van der Waals surface area contributed by atoms with Crippen LogP contribution in [0.25, 0.3) is 0 Å². The number of carbonyl (C=O) groups excluding carboxylic acids is 13. The molecule has 3 heterocycles. The Balaban J connectivity index is 0.00000156. The van der Waals surface area contributed by atoms with Crippen LogP contribution in [0.5, 0.6) is 0 Å². The van der Waals surface area contributed by atoms with E-state index in [4.69, 9.17) is 34.5 Å². The van der Waals surface area contributed by atoms with E-state index in [1.54, 1.807) is 28.3 Å². The van der Waals surface area contributed by atoms with Gasteiger partial charge >= 0.3 is 31.5 Å². The monoisotopic (exact) mass is 1860 g/mol. The van der Waals surface area contributed by atoms with Crippen molar-refractivity contribution in [1.82, 2.24) is 90.1 Å². The number of quaternary nitrogens is 1. The summed E-state index contributed by atoms with van der Waals surface area (Å²) in [6.07, 6.45) is 2.90. The predicted octanol–water partition coefficient (Wildman–Crippen LogP) is -2.99. The quantitative estimate of drug-likeness (QED) is 0.00845. The molecule has 3 aliphatic rings. The highest BCUT2D eigenvalue weighted by Gasteiger charge is 2.35. The molecular weight excluding hydrogens is 1730 g/mol. The van der Waals surface area contributed by atoms with Crippen LogP contribution < -0.4 is 90.8 Å². The summed E-state index contributed by atoms with van der Waals surface area (Å²) in [6.45, 7) is 18.2. The van der Waals surface area contributed by atoms with Gasteiger partial charge < -0.3 is 120 Å². The maximum Gasteiger partial charge on any atom is 0.452 e. The molecule has 6 atom stereocenters. The number of aliphatic carboxylic acids is 2. The Morgan fingerprint density at radius 1 is 0.485 bits per heavy atom. The van der Waals surface area contributed by atoms with Gasteiger partial charge in [-0.2, -0.15) is 0 Å². The van der Waals surface area contributed by atoms with Gasteiger partial charge in [-0.15, -0.1) is 10.3 Å². The fourth-order valence-corrected chi connectivity index (χ4v) is 11.1. The number of carboxylic acids is 2. The molecule has 41 nitrogen and oxygen atoms in total. The van der Waals surface area contributed by atoms with Crippen molar-refractivity contribution >= 4 is 105 Å². The van der Waals surface area contributed by atoms with Gasteiger partial charge in [0.05, 0.1) is 78.3 Å². The molecule has 0 aromatic heterocycles. The Bertz CT molecular complexity index is 4370. The lowest BCUT2D eigenvalue weighted by molar-refractivity contribution is -0.403. The number of hydrogen-bond donors (Lipinski definition) is 19. The van der Waals surface area contributed by atoms with Gasteiger partial charge in [-0.3, -0.25) is 67.1 Å². The molecule has 5 aromatic carbocycles. The van der Waals surface area contributed by atoms with E-state index in [1.807, 2.05) is 125 Å². The fourth-order valence-electron chi connectivity index (χ4n) is 11.1. The van der Waals surface area contributed by atoms with Crippen LogP contribution in [0.4, 0.5) is 0 Å². The Morgan fingerprint density at radius 2 is 0.833 bits per heavy atom. The van der Waals surface area contributed by atoms with Crippen LogP contribution >= 0.6 is 7.80 Å². The Hall–Kier alpha value is -12.4. The molecule has 3 fully saturated rings. The Labute approximate surface area is 774 Å². The minimum absolute atomic E-state index is 0. The van der Waals surface area contributed by atoms with Crippen molar-refractivity contribution in [1.29, 1.82) is 5.26 Å². The van der Waals surface area contributed by atoms with E-state index < -0.39 is 122 Å². The Kier molecular flexibility index (Phi) is 64.7. The lowest BCUT2D eigenvalue weighted by Crippen LogP contribution is -2.68. The number of amides is 12. The summed E-state index contributed by atoms with van der Waals surface area (Å²) in [6, 6.07) is 37.8. The van der Waals surface area contributed by atoms with Crippen LogP contribution in [0.3, 0.4) is 0 Å². The molecule has 43 heteroatoms. The van der Waals surface area contributed by atoms with E-state index in [1.165, 1.54) is 23.6 Å². The number of methoxy groups -OCH3 is 2. The van der Waals surface area contributed by atoms with Crippen LogP contribution in [-0.2, 0) is 128 Å². The number of nitriles is 1. The molecule has 6 unspecified atom stereocenters. The van der Waals surface area contributed by atoms with E-state index >= 15 is 0 Å². The topological polar surface area (TPSA) is 598 Å². The standard InChI is InChI=1S/C17H24N4O5.C16H22N4O5.C16H20N4O4.C16H28N4.C15H18N2O4.C6H14O3.C2H3NOP.CH4.B/c1-11-3-5-12(6-4-11)7-13(18-2)17(26)21-9-15(23)19-8-14(22)20-10-16(24)25;1-10-2-4-11(5-3-10)6-12(17)16(25)20-8-14(22)18-7-13(21)19-9-15(23)24;1-10-2-4-11(5-3-10)6-12-16(24)19-8-14(22)17-7-13(21)18-9-15(23)20-12;1-14-2-4-15(5-3-14)12-16-13-19-9-8-17-6-7-18-10-11-20-16;1-10-3-5-11(6-4-10)9-12(16-2)15(20)21-17-13(18)7-8-14(17)19;1-7-3-5-9-6-4-8-2;1-5(4)2-3;;/h3-6,13,18H,7-10H2,1-2H3,(H,19,23)(H,20,22)(H,21,26)(H,24,25);2-5,12H,6-9,17H2,1H3,(H,18,22)(H,19,21)(H,20,25)(H,23,24);2-5,12H,6-9H2,1H3,(H,17,22)(H,18,21)(H,19,24)(H,20,23);2-5,16-20H,6-13H2,1H3;3-6,12,16H,7-9H2,1-2H3;3-6H2,1-2H3;1H3;1H4;/q;;;;;;+1;;/p+1. The molecule has 132 heavy (non-hydrogen) atoms. The maximum absolute atomic E-state index is 12.3. The first-order chi connectivity index (χ1) is 62.1. The molecule has 8 rings (SSSR count). The first-order valence-corrected chi connectivity index (χ1v) is 43.7. The van der Waals surface area contributed by atoms with Crippen molar-refractivity contribution in [2.75, 3.05) is 166 Å². The van der Waals surface area contributed by atoms with Gasteiger partial charge in [0.15, 0.2) is 12.7 Å². The number of nitrogens with one attached hydrogen (secondary N) is 16. The molecule has 3 aliphatic heterocycles. The SMILES string of the molecule is C.CNC(Cc1ccc(C)cc1)C(=O)NCC(=O)NCC(=O)NCC(=O)O.CNC(Cc1ccc(C)cc1)C(=O)ON1C(=O)CCC1=O.COCCOCCOC.C[P+](=O)C#N.Cc1ccc(CC([NH3+])C(=O)NCC(=O)NCC(=O)NCC(=O)O)cc1.Cc1ccc(CC2CNCCNCCNCCN2)cc1.Cc1ccc(CC2NC(=O)CNC(=O)CNC(=O)CNC2=O)cc1.[B]. The number of imide groups is 1. The van der Waals surface area contributed by atoms with Crippen molar-refractivity contribution in [3.05, 3.63) is 177 Å². The molecule has 0 bridgehead atoms. The number of benzene rings is 5. The molecule has 0 aliphatic carbocycles. The van der Waals surface area contributed by atoms with Crippen LogP contribution in [0.15, 0.2) is 121 Å². The van der Waals surface area contributed by atoms with Crippen molar-refractivity contribution in [2.45, 2.75) is 117 Å². The molecule has 3 radical (unpaired) electrons.